The normalized spacial score (nSPS) is 50.1. The number of ketones is 1. The van der Waals surface area contributed by atoms with Gasteiger partial charge in [0.2, 0.25) is 0 Å². The highest BCUT2D eigenvalue weighted by Crippen LogP contribution is 2.67. The lowest BCUT2D eigenvalue weighted by Crippen LogP contribution is -2.70. The van der Waals surface area contributed by atoms with Gasteiger partial charge in [-0.05, 0) is 38.0 Å². The second kappa shape index (κ2) is 3.81. The molecule has 3 aliphatic rings. The van der Waals surface area contributed by atoms with Crippen LogP contribution in [0.5, 0.6) is 0 Å². The van der Waals surface area contributed by atoms with Crippen LogP contribution >= 0.6 is 0 Å². The molecule has 4 nitrogen and oxygen atoms in total. The van der Waals surface area contributed by atoms with Gasteiger partial charge in [0, 0.05) is 6.42 Å². The summed E-state index contributed by atoms with van der Waals surface area (Å²) in [6.45, 7) is 5.91. The van der Waals surface area contributed by atoms with E-state index in [4.69, 9.17) is 4.74 Å². The molecule has 1 heterocycles. The van der Waals surface area contributed by atoms with E-state index < -0.39 is 17.3 Å². The van der Waals surface area contributed by atoms with Gasteiger partial charge in [0.25, 0.3) is 0 Å². The van der Waals surface area contributed by atoms with Crippen LogP contribution in [0.2, 0.25) is 0 Å². The Balaban J connectivity index is 1.99. The van der Waals surface area contributed by atoms with Crippen molar-refractivity contribution in [3.8, 4) is 0 Å². The fourth-order valence-corrected chi connectivity index (χ4v) is 4.83. The first kappa shape index (κ1) is 13.1. The van der Waals surface area contributed by atoms with Crippen molar-refractivity contribution in [2.45, 2.75) is 58.2 Å². The van der Waals surface area contributed by atoms with E-state index >= 15 is 0 Å². The molecular weight excluding hydrogens is 244 g/mol. The Hall–Kier alpha value is -0.900. The van der Waals surface area contributed by atoms with Gasteiger partial charge < -0.3 is 9.84 Å². The van der Waals surface area contributed by atoms with Crippen LogP contribution in [0.4, 0.5) is 0 Å². The number of hydrogen-bond donors (Lipinski definition) is 1. The van der Waals surface area contributed by atoms with E-state index in [2.05, 4.69) is 6.92 Å². The standard InChI is InChI=1S/C15H22O4/c1-8-4-5-10(9(2)13(17)18)12-14(3)11(16)6-7-15(8,14)19-12/h8-10,12H,4-7H2,1-3H3,(H,17,18)/t8-,9-,10-,12-,14-,15+/m0/s1. The minimum absolute atomic E-state index is 0.0392. The van der Waals surface area contributed by atoms with E-state index in [0.29, 0.717) is 12.3 Å². The Morgan fingerprint density at radius 3 is 2.79 bits per heavy atom. The highest BCUT2D eigenvalue weighted by Gasteiger charge is 2.75. The summed E-state index contributed by atoms with van der Waals surface area (Å²) in [5.41, 5.74) is -0.751. The van der Waals surface area contributed by atoms with Gasteiger partial charge in [-0.2, -0.15) is 0 Å². The average molecular weight is 266 g/mol. The molecule has 0 aromatic carbocycles. The molecule has 0 unspecified atom stereocenters. The van der Waals surface area contributed by atoms with Gasteiger partial charge in [-0.15, -0.1) is 0 Å². The van der Waals surface area contributed by atoms with Crippen LogP contribution in [-0.2, 0) is 14.3 Å². The molecule has 0 amide bonds. The van der Waals surface area contributed by atoms with Crippen molar-refractivity contribution in [2.24, 2.45) is 23.2 Å². The molecule has 2 saturated carbocycles. The van der Waals surface area contributed by atoms with E-state index in [1.165, 1.54) is 0 Å². The second-order valence-electron chi connectivity index (χ2n) is 6.82. The summed E-state index contributed by atoms with van der Waals surface area (Å²) >= 11 is 0. The van der Waals surface area contributed by atoms with Crippen molar-refractivity contribution in [1.82, 2.24) is 0 Å². The molecule has 1 N–H and O–H groups in total. The summed E-state index contributed by atoms with van der Waals surface area (Å²) in [4.78, 5) is 23.7. The zero-order valence-corrected chi connectivity index (χ0v) is 11.8. The SMILES string of the molecule is C[C@H](C(=O)O)[C@@H]1CC[C@H](C)[C@]23CCC(=O)[C@@]2(C)[C@H]1O3. The summed E-state index contributed by atoms with van der Waals surface area (Å²) < 4.78 is 6.20. The first-order valence-electron chi connectivity index (χ1n) is 7.28. The highest BCUT2D eigenvalue weighted by atomic mass is 16.5. The van der Waals surface area contributed by atoms with Gasteiger partial charge in [0.05, 0.1) is 23.0 Å². The molecule has 3 rings (SSSR count). The van der Waals surface area contributed by atoms with Gasteiger partial charge in [-0.1, -0.05) is 13.8 Å². The van der Waals surface area contributed by atoms with Gasteiger partial charge in [0.1, 0.15) is 5.78 Å². The van der Waals surface area contributed by atoms with Crippen LogP contribution in [0.25, 0.3) is 0 Å². The molecule has 0 radical (unpaired) electrons. The first-order valence-corrected chi connectivity index (χ1v) is 7.28. The van der Waals surface area contributed by atoms with E-state index in [1.54, 1.807) is 6.92 Å². The first-order chi connectivity index (χ1) is 8.84. The number of hydrogen-bond acceptors (Lipinski definition) is 3. The van der Waals surface area contributed by atoms with Gasteiger partial charge in [-0.25, -0.2) is 0 Å². The molecule has 2 bridgehead atoms. The zero-order chi connectivity index (χ0) is 14.0. The van der Waals surface area contributed by atoms with E-state index in [1.807, 2.05) is 6.92 Å². The van der Waals surface area contributed by atoms with Crippen LogP contribution in [-0.4, -0.2) is 28.6 Å². The lowest BCUT2D eigenvalue weighted by Gasteiger charge is -2.61. The molecule has 106 valence electrons. The molecule has 0 aromatic heterocycles. The predicted octanol–water partition coefficient (Wildman–Crippen LogP) is 2.26. The maximum Gasteiger partial charge on any atom is 0.306 e. The largest absolute Gasteiger partial charge is 0.481 e. The summed E-state index contributed by atoms with van der Waals surface area (Å²) in [7, 11) is 0. The van der Waals surface area contributed by atoms with E-state index in [-0.39, 0.29) is 23.4 Å². The molecule has 3 fully saturated rings. The van der Waals surface area contributed by atoms with E-state index in [9.17, 15) is 14.7 Å². The number of Topliss-reactive ketones (excluding diaryl/α,β-unsaturated/α-hetero) is 1. The number of carbonyl (C=O) groups excluding carboxylic acids is 1. The summed E-state index contributed by atoms with van der Waals surface area (Å²) in [6.07, 6.45) is 3.02. The number of aliphatic carboxylic acids is 1. The van der Waals surface area contributed by atoms with Crippen molar-refractivity contribution in [2.75, 3.05) is 0 Å². The molecule has 0 spiro atoms. The van der Waals surface area contributed by atoms with Crippen molar-refractivity contribution in [3.63, 3.8) is 0 Å². The number of ether oxygens (including phenoxy) is 1. The maximum atomic E-state index is 12.4. The Kier molecular flexibility index (Phi) is 2.63. The number of carboxylic acids is 1. The molecule has 0 aromatic rings. The zero-order valence-electron chi connectivity index (χ0n) is 11.8. The minimum atomic E-state index is -0.783. The third-order valence-electron chi connectivity index (χ3n) is 6.24. The average Bonchev–Trinajstić information content (AvgIpc) is 2.49. The second-order valence-corrected chi connectivity index (χ2v) is 6.82. The van der Waals surface area contributed by atoms with E-state index in [0.717, 1.165) is 19.3 Å². The number of carbonyl (C=O) groups is 2. The Bertz CT molecular complexity index is 445. The minimum Gasteiger partial charge on any atom is -0.481 e. The fraction of sp³-hybridized carbons (Fsp3) is 0.867. The summed E-state index contributed by atoms with van der Waals surface area (Å²) in [6, 6.07) is 0. The van der Waals surface area contributed by atoms with Crippen molar-refractivity contribution in [1.29, 1.82) is 0 Å². The van der Waals surface area contributed by atoms with Gasteiger partial charge in [-0.3, -0.25) is 9.59 Å². The molecule has 19 heavy (non-hydrogen) atoms. The molecule has 2 aliphatic carbocycles. The predicted molar refractivity (Wildman–Crippen MR) is 68.6 cm³/mol. The molecule has 1 aliphatic heterocycles. The third-order valence-corrected chi connectivity index (χ3v) is 6.24. The fourth-order valence-electron chi connectivity index (χ4n) is 4.83. The number of rotatable bonds is 2. The smallest absolute Gasteiger partial charge is 0.306 e. The topological polar surface area (TPSA) is 63.6 Å². The monoisotopic (exact) mass is 266 g/mol. The lowest BCUT2D eigenvalue weighted by atomic mass is 9.59. The van der Waals surface area contributed by atoms with Gasteiger partial charge >= 0.3 is 5.97 Å². The van der Waals surface area contributed by atoms with Crippen molar-refractivity contribution in [3.05, 3.63) is 0 Å². The molecular formula is C15H22O4. The van der Waals surface area contributed by atoms with Crippen LogP contribution in [0, 0.1) is 23.2 Å². The van der Waals surface area contributed by atoms with Crippen molar-refractivity contribution < 1.29 is 19.4 Å². The molecule has 6 atom stereocenters. The highest BCUT2D eigenvalue weighted by molar-refractivity contribution is 5.91. The third kappa shape index (κ3) is 1.33. The Morgan fingerprint density at radius 1 is 1.47 bits per heavy atom. The summed E-state index contributed by atoms with van der Waals surface area (Å²) in [5, 5.41) is 9.28. The Labute approximate surface area is 113 Å². The van der Waals surface area contributed by atoms with Crippen LogP contribution < -0.4 is 0 Å². The molecule has 4 heteroatoms. The van der Waals surface area contributed by atoms with Crippen molar-refractivity contribution >= 4 is 11.8 Å². The maximum absolute atomic E-state index is 12.4. The summed E-state index contributed by atoms with van der Waals surface area (Å²) in [5.74, 6) is -0.651. The Morgan fingerprint density at radius 2 is 2.16 bits per heavy atom. The molecule has 1 saturated heterocycles. The quantitative estimate of drug-likeness (QED) is 0.832. The van der Waals surface area contributed by atoms with Crippen LogP contribution in [0.1, 0.15) is 46.5 Å². The lowest BCUT2D eigenvalue weighted by molar-refractivity contribution is -0.314. The number of carboxylic acid groups (broad SMARTS) is 1. The van der Waals surface area contributed by atoms with Crippen LogP contribution in [0.3, 0.4) is 0 Å². The van der Waals surface area contributed by atoms with Gasteiger partial charge in [0.15, 0.2) is 0 Å². The van der Waals surface area contributed by atoms with Crippen LogP contribution in [0.15, 0.2) is 0 Å².